The van der Waals surface area contributed by atoms with Crippen molar-refractivity contribution >= 4 is 11.6 Å². The smallest absolute Gasteiger partial charge is 0.226 e. The van der Waals surface area contributed by atoms with E-state index in [2.05, 4.69) is 18.8 Å². The number of nitrogens with zero attached hydrogens (tertiary/aromatic N) is 1. The topological polar surface area (TPSA) is 20.3 Å². The highest BCUT2D eigenvalue weighted by molar-refractivity contribution is 5.94. The molecule has 0 fully saturated rings. The van der Waals surface area contributed by atoms with Crippen molar-refractivity contribution in [2.75, 3.05) is 11.9 Å². The van der Waals surface area contributed by atoms with Crippen LogP contribution in [0.15, 0.2) is 54.6 Å². The van der Waals surface area contributed by atoms with Crippen LogP contribution in [0.4, 0.5) is 5.69 Å². The van der Waals surface area contributed by atoms with Gasteiger partial charge in [-0.25, -0.2) is 0 Å². The molecule has 0 aliphatic rings. The van der Waals surface area contributed by atoms with Crippen molar-refractivity contribution in [1.29, 1.82) is 0 Å². The van der Waals surface area contributed by atoms with Crippen LogP contribution in [-0.2, 0) is 4.79 Å². The predicted octanol–water partition coefficient (Wildman–Crippen LogP) is 4.24. The van der Waals surface area contributed by atoms with Crippen molar-refractivity contribution < 1.29 is 4.79 Å². The number of carbonyl (C=O) groups is 1. The lowest BCUT2D eigenvalue weighted by Gasteiger charge is -2.18. The second-order valence-electron chi connectivity index (χ2n) is 5.19. The Labute approximate surface area is 132 Å². The molecule has 0 unspecified atom stereocenters. The maximum atomic E-state index is 12.2. The first-order valence-corrected chi connectivity index (χ1v) is 7.65. The van der Waals surface area contributed by atoms with Gasteiger partial charge in [0.25, 0.3) is 0 Å². The van der Waals surface area contributed by atoms with Gasteiger partial charge in [-0.1, -0.05) is 55.5 Å². The Balaban J connectivity index is 2.24. The van der Waals surface area contributed by atoms with Gasteiger partial charge in [0, 0.05) is 24.6 Å². The first-order chi connectivity index (χ1) is 10.7. The summed E-state index contributed by atoms with van der Waals surface area (Å²) in [5.74, 6) is 6.46. The third kappa shape index (κ3) is 4.23. The van der Waals surface area contributed by atoms with Gasteiger partial charge in [0.1, 0.15) is 0 Å². The summed E-state index contributed by atoms with van der Waals surface area (Å²) in [6.45, 7) is 2.09. The van der Waals surface area contributed by atoms with E-state index in [1.165, 1.54) is 0 Å². The Kier molecular flexibility index (Phi) is 5.80. The highest BCUT2D eigenvalue weighted by Gasteiger charge is 2.12. The third-order valence-corrected chi connectivity index (χ3v) is 3.50. The van der Waals surface area contributed by atoms with Gasteiger partial charge in [-0.05, 0) is 30.7 Å². The number of carbonyl (C=O) groups excluding carboxylic acids is 1. The Morgan fingerprint density at radius 1 is 1.00 bits per heavy atom. The summed E-state index contributed by atoms with van der Waals surface area (Å²) >= 11 is 0. The minimum Gasteiger partial charge on any atom is -0.314 e. The van der Waals surface area contributed by atoms with Crippen LogP contribution in [0.25, 0.3) is 0 Å². The molecule has 2 rings (SSSR count). The van der Waals surface area contributed by atoms with E-state index in [4.69, 9.17) is 0 Å². The zero-order valence-electron chi connectivity index (χ0n) is 13.2. The van der Waals surface area contributed by atoms with Crippen molar-refractivity contribution in [3.05, 3.63) is 65.7 Å². The maximum Gasteiger partial charge on any atom is 0.226 e. The normalized spacial score (nSPS) is 9.73. The first kappa shape index (κ1) is 15.9. The lowest BCUT2D eigenvalue weighted by molar-refractivity contribution is -0.118. The quantitative estimate of drug-likeness (QED) is 0.772. The van der Waals surface area contributed by atoms with Gasteiger partial charge in [0.05, 0.1) is 5.69 Å². The Bertz CT molecular complexity index is 680. The van der Waals surface area contributed by atoms with Crippen LogP contribution >= 0.6 is 0 Å². The molecule has 0 aliphatic heterocycles. The summed E-state index contributed by atoms with van der Waals surface area (Å²) < 4.78 is 0. The Morgan fingerprint density at radius 3 is 2.41 bits per heavy atom. The molecule has 112 valence electrons. The summed E-state index contributed by atoms with van der Waals surface area (Å²) in [5.41, 5.74) is 2.71. The average molecular weight is 291 g/mol. The summed E-state index contributed by atoms with van der Waals surface area (Å²) in [5, 5.41) is 0. The fraction of sp³-hybridized carbons (Fsp3) is 0.250. The molecule has 2 aromatic carbocycles. The fourth-order valence-corrected chi connectivity index (χ4v) is 2.16. The number of amides is 1. The van der Waals surface area contributed by atoms with E-state index in [9.17, 15) is 4.79 Å². The van der Waals surface area contributed by atoms with E-state index in [0.717, 1.165) is 29.7 Å². The molecular formula is C20H21NO. The molecule has 0 atom stereocenters. The second-order valence-corrected chi connectivity index (χ2v) is 5.19. The number of rotatable bonds is 4. The van der Waals surface area contributed by atoms with Crippen LogP contribution in [0.3, 0.4) is 0 Å². The van der Waals surface area contributed by atoms with E-state index in [1.54, 1.807) is 4.90 Å². The van der Waals surface area contributed by atoms with Gasteiger partial charge >= 0.3 is 0 Å². The number of hydrogen-bond donors (Lipinski definition) is 0. The molecule has 0 spiro atoms. The van der Waals surface area contributed by atoms with Crippen molar-refractivity contribution in [2.45, 2.75) is 26.2 Å². The molecule has 2 aromatic rings. The number of para-hydroxylation sites is 1. The van der Waals surface area contributed by atoms with Crippen LogP contribution in [0, 0.1) is 11.8 Å². The van der Waals surface area contributed by atoms with Gasteiger partial charge in [-0.15, -0.1) is 0 Å². The van der Waals surface area contributed by atoms with Crippen molar-refractivity contribution in [3.63, 3.8) is 0 Å². The van der Waals surface area contributed by atoms with Gasteiger partial charge in [0.2, 0.25) is 5.91 Å². The van der Waals surface area contributed by atoms with E-state index in [0.29, 0.717) is 6.42 Å². The van der Waals surface area contributed by atoms with Gasteiger partial charge in [-0.3, -0.25) is 4.79 Å². The lowest BCUT2D eigenvalue weighted by Crippen LogP contribution is -2.26. The molecule has 2 nitrogen and oxygen atoms in total. The molecule has 0 bridgehead atoms. The largest absolute Gasteiger partial charge is 0.314 e. The minimum atomic E-state index is 0.135. The fourth-order valence-electron chi connectivity index (χ4n) is 2.16. The monoisotopic (exact) mass is 291 g/mol. The van der Waals surface area contributed by atoms with E-state index < -0.39 is 0 Å². The number of hydrogen-bond acceptors (Lipinski definition) is 1. The molecule has 0 aliphatic carbocycles. The third-order valence-electron chi connectivity index (χ3n) is 3.50. The molecule has 0 heterocycles. The summed E-state index contributed by atoms with van der Waals surface area (Å²) in [7, 11) is 1.82. The van der Waals surface area contributed by atoms with Crippen molar-refractivity contribution in [1.82, 2.24) is 0 Å². The van der Waals surface area contributed by atoms with E-state index >= 15 is 0 Å². The molecule has 0 saturated heterocycles. The summed E-state index contributed by atoms with van der Waals surface area (Å²) in [6.07, 6.45) is 2.52. The molecule has 0 radical (unpaired) electrons. The molecule has 0 N–H and O–H groups in total. The van der Waals surface area contributed by atoms with Gasteiger partial charge in [-0.2, -0.15) is 0 Å². The van der Waals surface area contributed by atoms with Crippen LogP contribution < -0.4 is 4.90 Å². The molecule has 0 aromatic heterocycles. The zero-order valence-corrected chi connectivity index (χ0v) is 13.2. The van der Waals surface area contributed by atoms with Crippen LogP contribution in [0.2, 0.25) is 0 Å². The molecular weight excluding hydrogens is 270 g/mol. The molecule has 0 saturated carbocycles. The molecule has 1 amide bonds. The number of unbranched alkanes of at least 4 members (excludes halogenated alkanes) is 1. The van der Waals surface area contributed by atoms with E-state index in [-0.39, 0.29) is 5.91 Å². The van der Waals surface area contributed by atoms with Crippen molar-refractivity contribution in [3.8, 4) is 11.8 Å². The van der Waals surface area contributed by atoms with Crippen LogP contribution in [0.1, 0.15) is 37.3 Å². The average Bonchev–Trinajstić information content (AvgIpc) is 2.58. The molecule has 2 heteroatoms. The lowest BCUT2D eigenvalue weighted by atomic mass is 10.1. The summed E-state index contributed by atoms with van der Waals surface area (Å²) in [4.78, 5) is 13.9. The van der Waals surface area contributed by atoms with Crippen molar-refractivity contribution in [2.24, 2.45) is 0 Å². The maximum absolute atomic E-state index is 12.2. The highest BCUT2D eigenvalue weighted by Crippen LogP contribution is 2.19. The second kappa shape index (κ2) is 8.05. The number of benzene rings is 2. The SMILES string of the molecule is CCCCC(=O)N(C)c1ccccc1C#Cc1ccccc1. The first-order valence-electron chi connectivity index (χ1n) is 7.65. The van der Waals surface area contributed by atoms with Gasteiger partial charge in [0.15, 0.2) is 0 Å². The number of anilines is 1. The zero-order chi connectivity index (χ0) is 15.8. The Hall–Kier alpha value is -2.53. The van der Waals surface area contributed by atoms with Crippen LogP contribution in [-0.4, -0.2) is 13.0 Å². The standard InChI is InChI=1S/C20H21NO/c1-3-4-14-20(22)21(2)19-13-9-8-12-18(19)16-15-17-10-6-5-7-11-17/h5-13H,3-4,14H2,1-2H3. The summed E-state index contributed by atoms with van der Waals surface area (Å²) in [6, 6.07) is 17.6. The minimum absolute atomic E-state index is 0.135. The predicted molar refractivity (Wildman–Crippen MR) is 91.8 cm³/mol. The Morgan fingerprint density at radius 2 is 1.68 bits per heavy atom. The highest BCUT2D eigenvalue weighted by atomic mass is 16.2. The van der Waals surface area contributed by atoms with Gasteiger partial charge < -0.3 is 4.90 Å². The van der Waals surface area contributed by atoms with E-state index in [1.807, 2.05) is 61.6 Å². The van der Waals surface area contributed by atoms with Crippen LogP contribution in [0.5, 0.6) is 0 Å². The molecule has 22 heavy (non-hydrogen) atoms.